The van der Waals surface area contributed by atoms with Crippen LogP contribution < -0.4 is 0 Å². The molecule has 0 radical (unpaired) electrons. The predicted octanol–water partition coefficient (Wildman–Crippen LogP) is 4.29. The maximum atomic E-state index is 4.81. The molecule has 4 aromatic rings. The van der Waals surface area contributed by atoms with Gasteiger partial charge in [-0.3, -0.25) is 0 Å². The molecule has 2 N–H and O–H groups in total. The van der Waals surface area contributed by atoms with Crippen LogP contribution in [0.25, 0.3) is 22.1 Å². The summed E-state index contributed by atoms with van der Waals surface area (Å²) in [5.74, 6) is 2.10. The number of rotatable bonds is 3. The van der Waals surface area contributed by atoms with Crippen LogP contribution in [0, 0.1) is 6.92 Å². The van der Waals surface area contributed by atoms with E-state index in [0.29, 0.717) is 0 Å². The number of aromatic nitrogens is 4. The van der Waals surface area contributed by atoms with Gasteiger partial charge in [-0.25, -0.2) is 9.97 Å². The van der Waals surface area contributed by atoms with Crippen molar-refractivity contribution in [2.24, 2.45) is 0 Å². The number of para-hydroxylation sites is 3. The molecule has 4 heteroatoms. The van der Waals surface area contributed by atoms with Gasteiger partial charge in [-0.2, -0.15) is 0 Å². The summed E-state index contributed by atoms with van der Waals surface area (Å²) in [7, 11) is 0. The van der Waals surface area contributed by atoms with Crippen molar-refractivity contribution in [1.29, 1.82) is 0 Å². The normalized spacial score (nSPS) is 13.0. The highest BCUT2D eigenvalue weighted by atomic mass is 15.0. The number of H-pyrrole nitrogens is 2. The van der Waals surface area contributed by atoms with Gasteiger partial charge < -0.3 is 9.97 Å². The number of nitrogens with one attached hydrogen (secondary N) is 2. The lowest BCUT2D eigenvalue weighted by molar-refractivity contribution is 0.694. The van der Waals surface area contributed by atoms with E-state index in [-0.39, 0.29) is 5.92 Å². The van der Waals surface area contributed by atoms with Gasteiger partial charge in [-0.1, -0.05) is 31.2 Å². The second kappa shape index (κ2) is 4.98. The van der Waals surface area contributed by atoms with Crippen LogP contribution in [0.5, 0.6) is 0 Å². The number of hydrogen-bond donors (Lipinski definition) is 2. The van der Waals surface area contributed by atoms with Crippen molar-refractivity contribution in [3.05, 3.63) is 59.7 Å². The number of hydrogen-bond acceptors (Lipinski definition) is 2. The second-order valence-corrected chi connectivity index (χ2v) is 5.69. The van der Waals surface area contributed by atoms with Crippen LogP contribution in [0.2, 0.25) is 0 Å². The monoisotopic (exact) mass is 290 g/mol. The summed E-state index contributed by atoms with van der Waals surface area (Å²) in [4.78, 5) is 16.4. The van der Waals surface area contributed by atoms with E-state index in [1.807, 2.05) is 18.2 Å². The van der Waals surface area contributed by atoms with Gasteiger partial charge in [0.2, 0.25) is 0 Å². The fraction of sp³-hybridized carbons (Fsp3) is 0.222. The van der Waals surface area contributed by atoms with Crippen LogP contribution in [0.4, 0.5) is 0 Å². The Kier molecular flexibility index (Phi) is 2.96. The molecular formula is C18H18N4. The molecule has 4 rings (SSSR count). The Balaban J connectivity index is 1.84. The summed E-state index contributed by atoms with van der Waals surface area (Å²) in [5.41, 5.74) is 5.41. The minimum absolute atomic E-state index is 0.152. The molecule has 22 heavy (non-hydrogen) atoms. The Labute approximate surface area is 128 Å². The molecule has 0 bridgehead atoms. The van der Waals surface area contributed by atoms with Crippen molar-refractivity contribution in [3.63, 3.8) is 0 Å². The van der Waals surface area contributed by atoms with E-state index < -0.39 is 0 Å². The third kappa shape index (κ3) is 1.99. The van der Waals surface area contributed by atoms with Crippen molar-refractivity contribution in [1.82, 2.24) is 19.9 Å². The van der Waals surface area contributed by atoms with E-state index in [1.54, 1.807) is 0 Å². The zero-order valence-corrected chi connectivity index (χ0v) is 12.7. The molecule has 1 unspecified atom stereocenters. The Bertz CT molecular complexity index is 915. The van der Waals surface area contributed by atoms with Gasteiger partial charge >= 0.3 is 0 Å². The van der Waals surface area contributed by atoms with E-state index in [1.165, 1.54) is 5.56 Å². The van der Waals surface area contributed by atoms with E-state index in [2.05, 4.69) is 48.1 Å². The number of benzene rings is 2. The molecule has 0 aliphatic rings. The van der Waals surface area contributed by atoms with Crippen LogP contribution in [0.3, 0.4) is 0 Å². The average Bonchev–Trinajstić information content (AvgIpc) is 3.12. The SMILES string of the molecule is CCC(c1nc2ccccc2[nH]1)c1nc2c(C)cccc2[nH]1. The lowest BCUT2D eigenvalue weighted by atomic mass is 10.1. The molecule has 4 nitrogen and oxygen atoms in total. The molecule has 2 aromatic heterocycles. The number of fused-ring (bicyclic) bond motifs is 2. The van der Waals surface area contributed by atoms with Crippen LogP contribution in [-0.4, -0.2) is 19.9 Å². The van der Waals surface area contributed by atoms with Gasteiger partial charge in [0, 0.05) is 0 Å². The van der Waals surface area contributed by atoms with Crippen molar-refractivity contribution >= 4 is 22.1 Å². The van der Waals surface area contributed by atoms with Crippen LogP contribution in [0.15, 0.2) is 42.5 Å². The van der Waals surface area contributed by atoms with E-state index in [9.17, 15) is 0 Å². The zero-order chi connectivity index (χ0) is 15.1. The summed E-state index contributed by atoms with van der Waals surface area (Å²) >= 11 is 0. The highest BCUT2D eigenvalue weighted by molar-refractivity contribution is 5.79. The van der Waals surface area contributed by atoms with Crippen molar-refractivity contribution < 1.29 is 0 Å². The first-order valence-corrected chi connectivity index (χ1v) is 7.66. The fourth-order valence-corrected chi connectivity index (χ4v) is 3.01. The van der Waals surface area contributed by atoms with E-state index in [4.69, 9.17) is 9.97 Å². The molecule has 1 atom stereocenters. The summed E-state index contributed by atoms with van der Waals surface area (Å²) in [5, 5.41) is 0. The summed E-state index contributed by atoms with van der Waals surface area (Å²) < 4.78 is 0. The Morgan fingerprint density at radius 2 is 1.64 bits per heavy atom. The smallest absolute Gasteiger partial charge is 0.117 e. The van der Waals surface area contributed by atoms with Crippen molar-refractivity contribution in [3.8, 4) is 0 Å². The zero-order valence-electron chi connectivity index (χ0n) is 12.7. The number of aromatic amines is 2. The third-order valence-corrected chi connectivity index (χ3v) is 4.21. The molecule has 0 spiro atoms. The fourth-order valence-electron chi connectivity index (χ4n) is 3.01. The third-order valence-electron chi connectivity index (χ3n) is 4.21. The van der Waals surface area contributed by atoms with Gasteiger partial charge in [-0.05, 0) is 37.1 Å². The molecule has 0 amide bonds. The first-order chi connectivity index (χ1) is 10.8. The predicted molar refractivity (Wildman–Crippen MR) is 89.1 cm³/mol. The Morgan fingerprint density at radius 3 is 2.41 bits per heavy atom. The largest absolute Gasteiger partial charge is 0.341 e. The molecule has 0 aliphatic heterocycles. The minimum Gasteiger partial charge on any atom is -0.341 e. The molecular weight excluding hydrogens is 272 g/mol. The van der Waals surface area contributed by atoms with E-state index in [0.717, 1.165) is 40.1 Å². The molecule has 110 valence electrons. The maximum absolute atomic E-state index is 4.81. The summed E-state index contributed by atoms with van der Waals surface area (Å²) in [6.45, 7) is 4.26. The van der Waals surface area contributed by atoms with Crippen LogP contribution in [-0.2, 0) is 0 Å². The summed E-state index contributed by atoms with van der Waals surface area (Å²) in [6, 6.07) is 14.3. The Hall–Kier alpha value is -2.62. The quantitative estimate of drug-likeness (QED) is 0.591. The van der Waals surface area contributed by atoms with Crippen LogP contribution >= 0.6 is 0 Å². The molecule has 2 aromatic carbocycles. The molecule has 0 saturated heterocycles. The second-order valence-electron chi connectivity index (χ2n) is 5.69. The number of nitrogens with zero attached hydrogens (tertiary/aromatic N) is 2. The van der Waals surface area contributed by atoms with Crippen LogP contribution in [0.1, 0.15) is 36.5 Å². The topological polar surface area (TPSA) is 57.4 Å². The van der Waals surface area contributed by atoms with Gasteiger partial charge in [0.1, 0.15) is 11.6 Å². The average molecular weight is 290 g/mol. The number of imidazole rings is 2. The van der Waals surface area contributed by atoms with E-state index >= 15 is 0 Å². The standard InChI is InChI=1S/C18H18N4/c1-3-12(17-19-13-8-4-5-9-14(13)20-17)18-21-15-10-6-7-11(2)16(15)22-18/h4-10,12H,3H2,1-2H3,(H,19,20)(H,21,22). The van der Waals surface area contributed by atoms with Gasteiger partial charge in [0.15, 0.2) is 0 Å². The minimum atomic E-state index is 0.152. The molecule has 0 fully saturated rings. The Morgan fingerprint density at radius 1 is 0.909 bits per heavy atom. The molecule has 0 saturated carbocycles. The van der Waals surface area contributed by atoms with Gasteiger partial charge in [-0.15, -0.1) is 0 Å². The first-order valence-electron chi connectivity index (χ1n) is 7.66. The van der Waals surface area contributed by atoms with Gasteiger partial charge in [0.25, 0.3) is 0 Å². The number of aryl methyl sites for hydroxylation is 1. The highest BCUT2D eigenvalue weighted by Gasteiger charge is 2.20. The van der Waals surface area contributed by atoms with Crippen molar-refractivity contribution in [2.45, 2.75) is 26.2 Å². The maximum Gasteiger partial charge on any atom is 0.117 e. The highest BCUT2D eigenvalue weighted by Crippen LogP contribution is 2.28. The molecule has 0 aliphatic carbocycles. The first kappa shape index (κ1) is 13.1. The van der Waals surface area contributed by atoms with Crippen molar-refractivity contribution in [2.75, 3.05) is 0 Å². The lowest BCUT2D eigenvalue weighted by Crippen LogP contribution is -2.04. The summed E-state index contributed by atoms with van der Waals surface area (Å²) in [6.07, 6.45) is 0.943. The lowest BCUT2D eigenvalue weighted by Gasteiger charge is -2.08. The molecule has 2 heterocycles. The van der Waals surface area contributed by atoms with Gasteiger partial charge in [0.05, 0.1) is 28.0 Å².